The van der Waals surface area contributed by atoms with Crippen molar-refractivity contribution in [2.45, 2.75) is 50.2 Å². The number of carboxylic acid groups (broad SMARTS) is 1. The number of rotatable bonds is 9. The molecule has 1 amide bonds. The summed E-state index contributed by atoms with van der Waals surface area (Å²) in [5.41, 5.74) is -2.11. The fraction of sp³-hybridized carbons (Fsp3) is 0.297. The lowest BCUT2D eigenvalue weighted by Gasteiger charge is -2.27. The Labute approximate surface area is 317 Å². The quantitative estimate of drug-likeness (QED) is 0.0776. The second-order valence-electron chi connectivity index (χ2n) is 12.7. The number of alkyl halides is 6. The molecule has 1 saturated carbocycles. The molecule has 0 saturated heterocycles. The van der Waals surface area contributed by atoms with Crippen LogP contribution in [0.2, 0.25) is 5.02 Å². The number of carboxylic acids is 1. The van der Waals surface area contributed by atoms with Gasteiger partial charge in [-0.1, -0.05) is 23.7 Å². The molecule has 3 N–H and O–H groups in total. The number of carbonyl (C=O) groups is 3. The number of anilines is 1. The zero-order chi connectivity index (χ0) is 41.1. The van der Waals surface area contributed by atoms with Crippen LogP contribution in [0.15, 0.2) is 67.0 Å². The molecule has 0 atom stereocenters. The van der Waals surface area contributed by atoms with Gasteiger partial charge >= 0.3 is 18.3 Å². The van der Waals surface area contributed by atoms with Crippen LogP contribution in [0.3, 0.4) is 0 Å². The van der Waals surface area contributed by atoms with Gasteiger partial charge in [0.15, 0.2) is 0 Å². The number of aryl methyl sites for hydroxylation is 1. The molecule has 0 radical (unpaired) electrons. The van der Waals surface area contributed by atoms with E-state index in [1.165, 1.54) is 51.8 Å². The summed E-state index contributed by atoms with van der Waals surface area (Å²) < 4.78 is 113. The molecule has 0 spiro atoms. The molecule has 0 unspecified atom stereocenters. The average molecular weight is 814 g/mol. The fourth-order valence-corrected chi connectivity index (χ4v) is 6.65. The summed E-state index contributed by atoms with van der Waals surface area (Å²) in [6.07, 6.45) is -0.171. The first kappa shape index (κ1) is 41.8. The number of fused-ring (bicyclic) bond motifs is 2. The lowest BCUT2D eigenvalue weighted by atomic mass is 9.93. The van der Waals surface area contributed by atoms with E-state index in [4.69, 9.17) is 26.2 Å². The number of halogens is 9. The number of ketones is 1. The van der Waals surface area contributed by atoms with E-state index in [0.717, 1.165) is 43.9 Å². The smallest absolute Gasteiger partial charge is 0.475 e. The molecule has 5 aromatic rings. The molecule has 2 aromatic carbocycles. The number of amides is 1. The Morgan fingerprint density at radius 1 is 1.02 bits per heavy atom. The molecule has 3 heterocycles. The molecule has 0 aliphatic heterocycles. The van der Waals surface area contributed by atoms with Gasteiger partial charge in [0, 0.05) is 67.3 Å². The Bertz CT molecular complexity index is 2290. The van der Waals surface area contributed by atoms with Crippen molar-refractivity contribution in [1.82, 2.24) is 19.5 Å². The van der Waals surface area contributed by atoms with Gasteiger partial charge in [-0.2, -0.15) is 31.4 Å². The third-order valence-electron chi connectivity index (χ3n) is 8.96. The third kappa shape index (κ3) is 9.37. The maximum atomic E-state index is 15.1. The minimum atomic E-state index is -5.08. The van der Waals surface area contributed by atoms with Gasteiger partial charge in [-0.3, -0.25) is 14.3 Å². The van der Waals surface area contributed by atoms with Crippen LogP contribution < -0.4 is 10.6 Å². The second-order valence-corrected chi connectivity index (χ2v) is 13.1. The van der Waals surface area contributed by atoms with Gasteiger partial charge in [-0.05, 0) is 62.1 Å². The Morgan fingerprint density at radius 2 is 1.66 bits per heavy atom. The zero-order valence-corrected chi connectivity index (χ0v) is 30.1. The zero-order valence-electron chi connectivity index (χ0n) is 29.4. The first-order valence-corrected chi connectivity index (χ1v) is 17.1. The van der Waals surface area contributed by atoms with Crippen LogP contribution >= 0.6 is 11.6 Å². The summed E-state index contributed by atoms with van der Waals surface area (Å²) in [7, 11) is 3.26. The van der Waals surface area contributed by atoms with Crippen molar-refractivity contribution >= 4 is 51.4 Å². The molecule has 298 valence electrons. The maximum Gasteiger partial charge on any atom is 0.490 e. The third-order valence-corrected chi connectivity index (χ3v) is 9.35. The van der Waals surface area contributed by atoms with Crippen molar-refractivity contribution < 1.29 is 59.4 Å². The van der Waals surface area contributed by atoms with Crippen LogP contribution in [-0.4, -0.2) is 68.9 Å². The molecule has 6 rings (SSSR count). The summed E-state index contributed by atoms with van der Waals surface area (Å²) in [5.74, 6) is -6.67. The van der Waals surface area contributed by atoms with Crippen molar-refractivity contribution in [1.29, 1.82) is 0 Å². The van der Waals surface area contributed by atoms with Gasteiger partial charge in [-0.15, -0.1) is 0 Å². The van der Waals surface area contributed by atoms with E-state index in [9.17, 15) is 35.9 Å². The van der Waals surface area contributed by atoms with Crippen LogP contribution in [0, 0.1) is 11.6 Å². The highest BCUT2D eigenvalue weighted by atomic mass is 35.5. The lowest BCUT2D eigenvalue weighted by molar-refractivity contribution is -0.192. The predicted molar refractivity (Wildman–Crippen MR) is 189 cm³/mol. The summed E-state index contributed by atoms with van der Waals surface area (Å²) in [5, 5.41) is 16.8. The van der Waals surface area contributed by atoms with Crippen molar-refractivity contribution in [3.05, 3.63) is 100 Å². The van der Waals surface area contributed by atoms with E-state index < -0.39 is 52.9 Å². The molecule has 10 nitrogen and oxygen atoms in total. The molecule has 0 bridgehead atoms. The SMILES string of the molecule is COC1CCC(NC/C=C/C(=O)Nc2c(F)cc(C(=O)c3ccc4c(-c5c(C(F)(F)F)cc6nn(C)cc6c5Cl)cccn34)cc2F)CC1.O=C(O)C(F)(F)F. The van der Waals surface area contributed by atoms with Crippen LogP contribution in [0.4, 0.5) is 40.8 Å². The van der Waals surface area contributed by atoms with E-state index >= 15 is 8.78 Å². The Hall–Kier alpha value is -5.33. The first-order chi connectivity index (χ1) is 26.3. The molecule has 56 heavy (non-hydrogen) atoms. The van der Waals surface area contributed by atoms with Crippen LogP contribution in [0.5, 0.6) is 0 Å². The van der Waals surface area contributed by atoms with Gasteiger partial charge < -0.3 is 24.9 Å². The van der Waals surface area contributed by atoms with Gasteiger partial charge in [0.2, 0.25) is 11.7 Å². The number of hydrogen-bond acceptors (Lipinski definition) is 6. The highest BCUT2D eigenvalue weighted by molar-refractivity contribution is 6.38. The number of carbonyl (C=O) groups excluding carboxylic acids is 2. The molecule has 1 aliphatic rings. The van der Waals surface area contributed by atoms with Crippen molar-refractivity contribution in [3.8, 4) is 11.1 Å². The summed E-state index contributed by atoms with van der Waals surface area (Å²) in [6, 6.07) is 8.45. The molecule has 1 aliphatic carbocycles. The van der Waals surface area contributed by atoms with Crippen molar-refractivity contribution in [2.24, 2.45) is 7.05 Å². The van der Waals surface area contributed by atoms with E-state index in [2.05, 4.69) is 15.7 Å². The topological polar surface area (TPSA) is 127 Å². The lowest BCUT2D eigenvalue weighted by Crippen LogP contribution is -2.35. The number of ether oxygens (including phenoxy) is 1. The normalized spacial score (nSPS) is 16.3. The average Bonchev–Trinajstić information content (AvgIpc) is 3.74. The van der Waals surface area contributed by atoms with E-state index in [1.807, 2.05) is 0 Å². The minimum absolute atomic E-state index is 0.0642. The summed E-state index contributed by atoms with van der Waals surface area (Å²) in [4.78, 5) is 34.8. The van der Waals surface area contributed by atoms with Gasteiger partial charge in [0.05, 0.1) is 33.4 Å². The number of pyridine rings is 1. The molecule has 1 fully saturated rings. The highest BCUT2D eigenvalue weighted by Gasteiger charge is 2.38. The monoisotopic (exact) mass is 813 g/mol. The minimum Gasteiger partial charge on any atom is -0.475 e. The summed E-state index contributed by atoms with van der Waals surface area (Å²) >= 11 is 6.57. The van der Waals surface area contributed by atoms with Crippen LogP contribution in [0.25, 0.3) is 27.5 Å². The molecule has 3 aromatic heterocycles. The molecular formula is C37H32ClF8N5O5. The number of hydrogen-bond donors (Lipinski definition) is 3. The first-order valence-electron chi connectivity index (χ1n) is 16.7. The van der Waals surface area contributed by atoms with E-state index in [0.29, 0.717) is 11.9 Å². The fourth-order valence-electron chi connectivity index (χ4n) is 6.31. The predicted octanol–water partition coefficient (Wildman–Crippen LogP) is 8.35. The van der Waals surface area contributed by atoms with Crippen LogP contribution in [0.1, 0.15) is 47.3 Å². The standard InChI is InChI=1S/C35H31ClF5N5O3.C2HF3O2/c1-45-18-23-27(44-45)17-24(35(39,40)41)31(32(23)36)22-5-4-14-46-28(22)11-12-29(46)34(48)19-15-25(37)33(26(38)16-19)43-30(47)6-3-13-42-20-7-9-21(49-2)10-8-20;3-2(4,5)1(6)7/h3-6,11-12,14-18,20-21,42H,7-10,13H2,1-2H3,(H,43,47);(H,6,7)/b6-3+;. The molecular weight excluding hydrogens is 782 g/mol. The van der Waals surface area contributed by atoms with E-state index in [1.54, 1.807) is 20.2 Å². The molecule has 19 heteroatoms. The maximum absolute atomic E-state index is 15.1. The number of benzene rings is 2. The number of nitrogens with zero attached hydrogens (tertiary/aromatic N) is 3. The number of aliphatic carboxylic acids is 1. The number of aromatic nitrogens is 3. The number of methoxy groups -OCH3 is 1. The largest absolute Gasteiger partial charge is 0.490 e. The van der Waals surface area contributed by atoms with Gasteiger partial charge in [0.25, 0.3) is 0 Å². The number of nitrogens with one attached hydrogen (secondary N) is 2. The Balaban J connectivity index is 0.000000784. The Morgan fingerprint density at radius 3 is 2.25 bits per heavy atom. The van der Waals surface area contributed by atoms with Crippen molar-refractivity contribution in [2.75, 3.05) is 19.0 Å². The second kappa shape index (κ2) is 16.8. The van der Waals surface area contributed by atoms with Gasteiger partial charge in [0.1, 0.15) is 17.3 Å². The van der Waals surface area contributed by atoms with Crippen LogP contribution in [-0.2, 0) is 27.5 Å². The van der Waals surface area contributed by atoms with Gasteiger partial charge in [-0.25, -0.2) is 13.6 Å². The van der Waals surface area contributed by atoms with Crippen molar-refractivity contribution in [3.63, 3.8) is 0 Å². The Kier molecular flexibility index (Phi) is 12.6. The highest BCUT2D eigenvalue weighted by Crippen LogP contribution is 2.45. The van der Waals surface area contributed by atoms with E-state index in [-0.39, 0.29) is 50.6 Å². The summed E-state index contributed by atoms with van der Waals surface area (Å²) in [6.45, 7) is 0.392.